The first-order valence-electron chi connectivity index (χ1n) is 6.73. The summed E-state index contributed by atoms with van der Waals surface area (Å²) in [6, 6.07) is 11.3. The lowest BCUT2D eigenvalue weighted by molar-refractivity contribution is 0.312. The van der Waals surface area contributed by atoms with Gasteiger partial charge in [0.1, 0.15) is 0 Å². The molecule has 2 atom stereocenters. The van der Waals surface area contributed by atoms with E-state index in [9.17, 15) is 0 Å². The molecule has 0 bridgehead atoms. The van der Waals surface area contributed by atoms with Crippen LogP contribution < -0.4 is 5.32 Å². The van der Waals surface area contributed by atoms with Crippen LogP contribution in [0.2, 0.25) is 0 Å². The van der Waals surface area contributed by atoms with Crippen molar-refractivity contribution in [3.63, 3.8) is 0 Å². The Morgan fingerprint density at radius 1 is 1.17 bits per heavy atom. The third kappa shape index (κ3) is 5.92. The predicted molar refractivity (Wildman–Crippen MR) is 84.2 cm³/mol. The lowest BCUT2D eigenvalue weighted by Gasteiger charge is -2.28. The zero-order chi connectivity index (χ0) is 13.6. The van der Waals surface area contributed by atoms with Crippen LogP contribution in [0.5, 0.6) is 0 Å². The van der Waals surface area contributed by atoms with Crippen molar-refractivity contribution in [2.45, 2.75) is 45.4 Å². The number of rotatable bonds is 6. The summed E-state index contributed by atoms with van der Waals surface area (Å²) in [6.45, 7) is 10.3. The molecule has 1 nitrogen and oxygen atoms in total. The molecule has 1 aromatic carbocycles. The molecule has 0 aliphatic heterocycles. The lowest BCUT2D eigenvalue weighted by atomic mass is 9.85. The van der Waals surface area contributed by atoms with Gasteiger partial charge in [-0.1, -0.05) is 58.0 Å². The molecule has 0 spiro atoms. The van der Waals surface area contributed by atoms with Gasteiger partial charge in [-0.3, -0.25) is 0 Å². The van der Waals surface area contributed by atoms with E-state index in [1.807, 2.05) is 11.8 Å². The number of thioether (sulfide) groups is 1. The maximum Gasteiger partial charge on any atom is 0.0325 e. The Kier molecular flexibility index (Phi) is 6.24. The minimum atomic E-state index is 0.343. The maximum atomic E-state index is 3.72. The molecule has 102 valence electrons. The van der Waals surface area contributed by atoms with Gasteiger partial charge in [0, 0.05) is 17.8 Å². The van der Waals surface area contributed by atoms with E-state index >= 15 is 0 Å². The molecular weight excluding hydrogens is 238 g/mol. The Bertz CT molecular complexity index is 329. The van der Waals surface area contributed by atoms with Crippen molar-refractivity contribution in [1.82, 2.24) is 5.32 Å². The van der Waals surface area contributed by atoms with Gasteiger partial charge in [0.15, 0.2) is 0 Å². The van der Waals surface area contributed by atoms with Gasteiger partial charge in [-0.2, -0.15) is 11.8 Å². The van der Waals surface area contributed by atoms with Gasteiger partial charge < -0.3 is 5.32 Å². The maximum absolute atomic E-state index is 3.72. The van der Waals surface area contributed by atoms with Crippen LogP contribution in [-0.2, 0) is 0 Å². The molecule has 0 aliphatic rings. The van der Waals surface area contributed by atoms with E-state index < -0.39 is 0 Å². The van der Waals surface area contributed by atoms with Gasteiger partial charge >= 0.3 is 0 Å². The first-order valence-corrected chi connectivity index (χ1v) is 8.02. The Labute approximate surface area is 117 Å². The van der Waals surface area contributed by atoms with Gasteiger partial charge in [0.05, 0.1) is 0 Å². The van der Waals surface area contributed by atoms with Crippen LogP contribution in [0.3, 0.4) is 0 Å². The Balaban J connectivity index is 2.70. The summed E-state index contributed by atoms with van der Waals surface area (Å²) in [5.74, 6) is 0. The fraction of sp³-hybridized carbons (Fsp3) is 0.625. The highest BCUT2D eigenvalue weighted by molar-refractivity contribution is 7.99. The van der Waals surface area contributed by atoms with Crippen LogP contribution in [0, 0.1) is 5.41 Å². The van der Waals surface area contributed by atoms with Crippen molar-refractivity contribution in [2.24, 2.45) is 5.41 Å². The summed E-state index contributed by atoms with van der Waals surface area (Å²) >= 11 is 1.92. The average Bonchev–Trinajstić information content (AvgIpc) is 2.33. The SMILES string of the molecule is CSC(C)CNC(CC(C)(C)C)c1ccccc1. The largest absolute Gasteiger partial charge is 0.309 e. The Hall–Kier alpha value is -0.470. The molecule has 2 heteroatoms. The summed E-state index contributed by atoms with van der Waals surface area (Å²) in [6.07, 6.45) is 3.34. The van der Waals surface area contributed by atoms with E-state index in [-0.39, 0.29) is 0 Å². The number of hydrogen-bond acceptors (Lipinski definition) is 2. The lowest BCUT2D eigenvalue weighted by Crippen LogP contribution is -2.30. The molecule has 18 heavy (non-hydrogen) atoms. The second kappa shape index (κ2) is 7.20. The van der Waals surface area contributed by atoms with E-state index in [0.29, 0.717) is 16.7 Å². The van der Waals surface area contributed by atoms with Crippen molar-refractivity contribution in [2.75, 3.05) is 12.8 Å². The van der Waals surface area contributed by atoms with Crippen LogP contribution in [-0.4, -0.2) is 18.1 Å². The number of hydrogen-bond donors (Lipinski definition) is 1. The average molecular weight is 265 g/mol. The highest BCUT2D eigenvalue weighted by atomic mass is 32.2. The van der Waals surface area contributed by atoms with Crippen LogP contribution in [0.25, 0.3) is 0 Å². The van der Waals surface area contributed by atoms with Crippen molar-refractivity contribution >= 4 is 11.8 Å². The molecule has 0 heterocycles. The van der Waals surface area contributed by atoms with Gasteiger partial charge in [0.25, 0.3) is 0 Å². The first-order chi connectivity index (χ1) is 8.42. The molecule has 0 radical (unpaired) electrons. The third-order valence-corrected chi connectivity index (χ3v) is 4.04. The van der Waals surface area contributed by atoms with Crippen LogP contribution >= 0.6 is 11.8 Å². The fourth-order valence-electron chi connectivity index (χ4n) is 2.00. The Morgan fingerprint density at radius 3 is 2.28 bits per heavy atom. The molecule has 0 fully saturated rings. The number of benzene rings is 1. The van der Waals surface area contributed by atoms with Crippen LogP contribution in [0.15, 0.2) is 30.3 Å². The molecule has 0 saturated carbocycles. The van der Waals surface area contributed by atoms with Crippen molar-refractivity contribution in [3.05, 3.63) is 35.9 Å². The highest BCUT2D eigenvalue weighted by Gasteiger charge is 2.20. The fourth-order valence-corrected chi connectivity index (χ4v) is 2.26. The zero-order valence-corrected chi connectivity index (χ0v) is 13.2. The second-order valence-electron chi connectivity index (χ2n) is 6.18. The van der Waals surface area contributed by atoms with Gasteiger partial charge in [-0.15, -0.1) is 0 Å². The van der Waals surface area contributed by atoms with Crippen molar-refractivity contribution < 1.29 is 0 Å². The van der Waals surface area contributed by atoms with Crippen molar-refractivity contribution in [3.8, 4) is 0 Å². The Morgan fingerprint density at radius 2 is 1.78 bits per heavy atom. The van der Waals surface area contributed by atoms with Gasteiger partial charge in [-0.25, -0.2) is 0 Å². The van der Waals surface area contributed by atoms with E-state index in [1.54, 1.807) is 0 Å². The molecule has 0 aromatic heterocycles. The molecule has 2 unspecified atom stereocenters. The standard InChI is InChI=1S/C16H27NS/c1-13(18-5)12-17-15(11-16(2,3)4)14-9-7-6-8-10-14/h6-10,13,15,17H,11-12H2,1-5H3. The molecule has 0 saturated heterocycles. The summed E-state index contributed by atoms with van der Waals surface area (Å²) in [5, 5.41) is 4.39. The normalized spacial score (nSPS) is 15.4. The number of nitrogens with one attached hydrogen (secondary N) is 1. The second-order valence-corrected chi connectivity index (χ2v) is 7.46. The summed E-state index contributed by atoms with van der Waals surface area (Å²) in [4.78, 5) is 0. The molecule has 0 amide bonds. The zero-order valence-electron chi connectivity index (χ0n) is 12.4. The molecule has 0 aliphatic carbocycles. The van der Waals surface area contributed by atoms with Gasteiger partial charge in [0.2, 0.25) is 0 Å². The summed E-state index contributed by atoms with van der Waals surface area (Å²) in [5.41, 5.74) is 1.75. The van der Waals surface area contributed by atoms with E-state index in [2.05, 4.69) is 69.6 Å². The topological polar surface area (TPSA) is 12.0 Å². The quantitative estimate of drug-likeness (QED) is 0.812. The summed E-state index contributed by atoms with van der Waals surface area (Å²) in [7, 11) is 0. The summed E-state index contributed by atoms with van der Waals surface area (Å²) < 4.78 is 0. The van der Waals surface area contributed by atoms with Crippen LogP contribution in [0.1, 0.15) is 45.7 Å². The van der Waals surface area contributed by atoms with E-state index in [0.717, 1.165) is 13.0 Å². The molecular formula is C16H27NS. The molecule has 1 rings (SSSR count). The molecule has 1 aromatic rings. The van der Waals surface area contributed by atoms with E-state index in [4.69, 9.17) is 0 Å². The minimum Gasteiger partial charge on any atom is -0.309 e. The van der Waals surface area contributed by atoms with Gasteiger partial charge in [-0.05, 0) is 23.7 Å². The predicted octanol–water partition coefficient (Wildman–Crippen LogP) is 4.51. The first kappa shape index (κ1) is 15.6. The monoisotopic (exact) mass is 265 g/mol. The van der Waals surface area contributed by atoms with Crippen molar-refractivity contribution in [1.29, 1.82) is 0 Å². The smallest absolute Gasteiger partial charge is 0.0325 e. The van der Waals surface area contributed by atoms with Crippen LogP contribution in [0.4, 0.5) is 0 Å². The molecule has 1 N–H and O–H groups in total. The van der Waals surface area contributed by atoms with E-state index in [1.165, 1.54) is 5.56 Å². The third-order valence-electron chi connectivity index (χ3n) is 3.07. The minimum absolute atomic E-state index is 0.343. The highest BCUT2D eigenvalue weighted by Crippen LogP contribution is 2.29.